The van der Waals surface area contributed by atoms with Crippen LogP contribution in [-0.4, -0.2) is 6.18 Å². The highest BCUT2D eigenvalue weighted by Crippen LogP contribution is 2.26. The molecule has 0 aliphatic carbocycles. The van der Waals surface area contributed by atoms with Gasteiger partial charge >= 0.3 is 6.18 Å². The van der Waals surface area contributed by atoms with E-state index in [-0.39, 0.29) is 5.54 Å². The first-order valence-electron chi connectivity index (χ1n) is 1.51. The van der Waals surface area contributed by atoms with Gasteiger partial charge in [0.25, 0.3) is 0 Å². The molecule has 0 aliphatic rings. The predicted octanol–water partition coefficient (Wildman–Crippen LogP) is 2.60. The van der Waals surface area contributed by atoms with Gasteiger partial charge in [-0.3, -0.25) is 0 Å². The van der Waals surface area contributed by atoms with Gasteiger partial charge < -0.3 is 0 Å². The van der Waals surface area contributed by atoms with E-state index in [9.17, 15) is 17.6 Å². The lowest BCUT2D eigenvalue weighted by Crippen LogP contribution is -2.06. The monoisotopic (exact) mass is 148 g/mol. The molecule has 0 aliphatic heterocycles. The molecule has 0 radical (unpaired) electrons. The zero-order chi connectivity index (χ0) is 6.78. The molecule has 0 N–H and O–H groups in total. The van der Waals surface area contributed by atoms with Gasteiger partial charge in [-0.25, -0.2) is 4.39 Å². The minimum Gasteiger partial charge on any atom is -0.201 e. The molecule has 0 amide bonds. The third kappa shape index (κ3) is 2.16. The molecule has 0 fully saturated rings. The molecule has 8 heavy (non-hydrogen) atoms. The Bertz CT molecular complexity index is 102. The van der Waals surface area contributed by atoms with Gasteiger partial charge in [-0.15, -0.1) is 0 Å². The van der Waals surface area contributed by atoms with Crippen molar-refractivity contribution in [2.45, 2.75) is 6.18 Å². The number of hydrogen-bond acceptors (Lipinski definition) is 0. The number of halogens is 5. The summed E-state index contributed by atoms with van der Waals surface area (Å²) in [4.78, 5) is 0. The SMILES string of the molecule is FC(=CCl)C(F)(F)F. The molecule has 0 bridgehead atoms. The largest absolute Gasteiger partial charge is 0.443 e. The van der Waals surface area contributed by atoms with Crippen LogP contribution in [-0.2, 0) is 0 Å². The fraction of sp³-hybridized carbons (Fsp3) is 0.333. The molecule has 5 heteroatoms. The van der Waals surface area contributed by atoms with Crippen LogP contribution in [0.5, 0.6) is 0 Å². The highest BCUT2D eigenvalue weighted by Gasteiger charge is 2.33. The van der Waals surface area contributed by atoms with Gasteiger partial charge in [-0.2, -0.15) is 13.2 Å². The minimum atomic E-state index is -4.93. The summed E-state index contributed by atoms with van der Waals surface area (Å²) in [5, 5.41) is 0. The Morgan fingerprint density at radius 1 is 1.38 bits per heavy atom. The topological polar surface area (TPSA) is 0 Å². The van der Waals surface area contributed by atoms with Crippen LogP contribution in [0.3, 0.4) is 0 Å². The number of hydrogen-bond donors (Lipinski definition) is 0. The van der Waals surface area contributed by atoms with E-state index in [1.54, 1.807) is 0 Å². The fourth-order valence-corrected chi connectivity index (χ4v) is 0.186. The van der Waals surface area contributed by atoms with Gasteiger partial charge in [0.15, 0.2) is 0 Å². The van der Waals surface area contributed by atoms with Crippen molar-refractivity contribution in [2.75, 3.05) is 0 Å². The van der Waals surface area contributed by atoms with Crippen molar-refractivity contribution in [1.29, 1.82) is 0 Å². The van der Waals surface area contributed by atoms with Gasteiger partial charge in [0, 0.05) is 5.54 Å². The van der Waals surface area contributed by atoms with Crippen molar-refractivity contribution in [3.63, 3.8) is 0 Å². The normalized spacial score (nSPS) is 14.4. The minimum absolute atomic E-state index is 0.153. The molecular formula is C3HClF4. The average Bonchev–Trinajstić information content (AvgIpc) is 1.62. The van der Waals surface area contributed by atoms with Gasteiger partial charge in [0.2, 0.25) is 5.83 Å². The summed E-state index contributed by atoms with van der Waals surface area (Å²) in [6.07, 6.45) is -4.93. The van der Waals surface area contributed by atoms with Crippen LogP contribution in [0.1, 0.15) is 0 Å². The van der Waals surface area contributed by atoms with Crippen molar-refractivity contribution in [1.82, 2.24) is 0 Å². The molecule has 0 nitrogen and oxygen atoms in total. The van der Waals surface area contributed by atoms with E-state index in [1.165, 1.54) is 0 Å². The summed E-state index contributed by atoms with van der Waals surface area (Å²) in [6.45, 7) is 0. The first-order valence-corrected chi connectivity index (χ1v) is 1.95. The number of alkyl halides is 3. The maximum absolute atomic E-state index is 11.2. The van der Waals surface area contributed by atoms with Gasteiger partial charge in [-0.05, 0) is 0 Å². The van der Waals surface area contributed by atoms with Gasteiger partial charge in [-0.1, -0.05) is 11.6 Å². The van der Waals surface area contributed by atoms with Crippen LogP contribution >= 0.6 is 11.6 Å². The molecule has 0 spiro atoms. The summed E-state index contributed by atoms with van der Waals surface area (Å²) in [6, 6.07) is 0. The zero-order valence-electron chi connectivity index (χ0n) is 3.47. The molecule has 0 saturated carbocycles. The molecule has 0 aromatic carbocycles. The smallest absolute Gasteiger partial charge is 0.201 e. The van der Waals surface area contributed by atoms with Gasteiger partial charge in [0.05, 0.1) is 0 Å². The zero-order valence-corrected chi connectivity index (χ0v) is 4.22. The molecule has 0 heterocycles. The van der Waals surface area contributed by atoms with Crippen molar-refractivity contribution in [3.8, 4) is 0 Å². The Morgan fingerprint density at radius 3 is 1.75 bits per heavy atom. The highest BCUT2D eigenvalue weighted by atomic mass is 35.5. The third-order valence-corrected chi connectivity index (χ3v) is 0.558. The Morgan fingerprint density at radius 2 is 1.75 bits per heavy atom. The van der Waals surface area contributed by atoms with Crippen molar-refractivity contribution in [3.05, 3.63) is 11.4 Å². The molecule has 0 rings (SSSR count). The second-order valence-electron chi connectivity index (χ2n) is 0.955. The van der Waals surface area contributed by atoms with Crippen LogP contribution in [0.15, 0.2) is 11.4 Å². The van der Waals surface area contributed by atoms with Crippen LogP contribution in [0, 0.1) is 0 Å². The molecule has 0 aromatic rings. The fourth-order valence-electron chi connectivity index (χ4n) is 0.0619. The summed E-state index contributed by atoms with van der Waals surface area (Å²) < 4.78 is 44.0. The summed E-state index contributed by atoms with van der Waals surface area (Å²) >= 11 is 4.38. The lowest BCUT2D eigenvalue weighted by atomic mass is 10.6. The van der Waals surface area contributed by atoms with E-state index in [1.807, 2.05) is 0 Å². The maximum atomic E-state index is 11.2. The van der Waals surface area contributed by atoms with Crippen molar-refractivity contribution >= 4 is 11.6 Å². The molecule has 0 unspecified atom stereocenters. The van der Waals surface area contributed by atoms with Crippen LogP contribution in [0.2, 0.25) is 0 Å². The molecule has 48 valence electrons. The Hall–Kier alpha value is -0.250. The molecule has 0 saturated heterocycles. The van der Waals surface area contributed by atoms with E-state index >= 15 is 0 Å². The van der Waals surface area contributed by atoms with E-state index in [2.05, 4.69) is 11.6 Å². The van der Waals surface area contributed by atoms with E-state index in [4.69, 9.17) is 0 Å². The Labute approximate surface area is 47.7 Å². The van der Waals surface area contributed by atoms with Crippen LogP contribution in [0.25, 0.3) is 0 Å². The van der Waals surface area contributed by atoms with E-state index in [0.29, 0.717) is 0 Å². The number of allylic oxidation sites excluding steroid dienone is 1. The second kappa shape index (κ2) is 2.35. The summed E-state index contributed by atoms with van der Waals surface area (Å²) in [5.41, 5.74) is -0.153. The van der Waals surface area contributed by atoms with Crippen molar-refractivity contribution < 1.29 is 17.6 Å². The lowest BCUT2D eigenvalue weighted by Gasteiger charge is -1.98. The van der Waals surface area contributed by atoms with Crippen LogP contribution < -0.4 is 0 Å². The molecule has 0 atom stereocenters. The standard InChI is InChI=1S/C3HClF4/c4-1-2(5)3(6,7)8/h1H. The predicted molar refractivity (Wildman–Crippen MR) is 21.1 cm³/mol. The maximum Gasteiger partial charge on any atom is 0.443 e. The second-order valence-corrected chi connectivity index (χ2v) is 1.17. The average molecular weight is 148 g/mol. The summed E-state index contributed by atoms with van der Waals surface area (Å²) in [7, 11) is 0. The van der Waals surface area contributed by atoms with Crippen LogP contribution in [0.4, 0.5) is 17.6 Å². The Kier molecular flexibility index (Phi) is 2.27. The number of rotatable bonds is 0. The van der Waals surface area contributed by atoms with Gasteiger partial charge in [0.1, 0.15) is 0 Å². The summed E-state index contributed by atoms with van der Waals surface area (Å²) in [5.74, 6) is -2.28. The quantitative estimate of drug-likeness (QED) is 0.463. The van der Waals surface area contributed by atoms with Crippen molar-refractivity contribution in [2.24, 2.45) is 0 Å². The lowest BCUT2D eigenvalue weighted by molar-refractivity contribution is -0.108. The van der Waals surface area contributed by atoms with E-state index < -0.39 is 12.0 Å². The first kappa shape index (κ1) is 7.75. The third-order valence-electron chi connectivity index (χ3n) is 0.367. The molecular weight excluding hydrogens is 147 g/mol. The molecule has 0 aromatic heterocycles. The first-order chi connectivity index (χ1) is 3.48. The van der Waals surface area contributed by atoms with E-state index in [0.717, 1.165) is 0 Å². The Balaban J connectivity index is 4.03. The highest BCUT2D eigenvalue weighted by molar-refractivity contribution is 6.25.